The Morgan fingerprint density at radius 3 is 2.31 bits per heavy atom. The highest BCUT2D eigenvalue weighted by Crippen LogP contribution is 2.27. The number of aromatic nitrogens is 2. The molecule has 1 heterocycles. The first-order valence-electron chi connectivity index (χ1n) is 4.45. The van der Waals surface area contributed by atoms with E-state index >= 15 is 0 Å². The number of halogens is 3. The van der Waals surface area contributed by atoms with Gasteiger partial charge in [-0.1, -0.05) is 23.2 Å². The molecule has 0 radical (unpaired) electrons. The summed E-state index contributed by atoms with van der Waals surface area (Å²) in [6.07, 6.45) is 1.72. The predicted octanol–water partition coefficient (Wildman–Crippen LogP) is 3.21. The van der Waals surface area contributed by atoms with Gasteiger partial charge >= 0.3 is 0 Å². The van der Waals surface area contributed by atoms with E-state index in [1.807, 2.05) is 0 Å². The summed E-state index contributed by atoms with van der Waals surface area (Å²) in [5.41, 5.74) is 7.02. The molecule has 3 nitrogen and oxygen atoms in total. The molecule has 0 aliphatic heterocycles. The van der Waals surface area contributed by atoms with Crippen molar-refractivity contribution in [3.63, 3.8) is 0 Å². The van der Waals surface area contributed by atoms with Gasteiger partial charge in [0.05, 0.1) is 21.4 Å². The van der Waals surface area contributed by atoms with Gasteiger partial charge in [0.25, 0.3) is 0 Å². The lowest BCUT2D eigenvalue weighted by Crippen LogP contribution is -2.00. The van der Waals surface area contributed by atoms with Crippen molar-refractivity contribution in [2.24, 2.45) is 0 Å². The molecule has 0 aliphatic rings. The Morgan fingerprint density at radius 2 is 1.88 bits per heavy atom. The topological polar surface area (TPSA) is 43.8 Å². The van der Waals surface area contributed by atoms with Crippen molar-refractivity contribution in [1.29, 1.82) is 0 Å². The zero-order valence-corrected chi connectivity index (χ0v) is 9.85. The molecule has 0 amide bonds. The third-order valence-electron chi connectivity index (χ3n) is 2.10. The van der Waals surface area contributed by atoms with Crippen LogP contribution in [0.1, 0.15) is 5.69 Å². The van der Waals surface area contributed by atoms with Crippen LogP contribution in [0.3, 0.4) is 0 Å². The van der Waals surface area contributed by atoms with Crippen LogP contribution in [0, 0.1) is 12.7 Å². The Morgan fingerprint density at radius 1 is 1.31 bits per heavy atom. The van der Waals surface area contributed by atoms with Gasteiger partial charge in [-0.05, 0) is 19.1 Å². The molecule has 1 aromatic heterocycles. The minimum atomic E-state index is -0.637. The second-order valence-corrected chi connectivity index (χ2v) is 4.15. The van der Waals surface area contributed by atoms with Crippen LogP contribution in [0.15, 0.2) is 18.3 Å². The van der Waals surface area contributed by atoms with Crippen LogP contribution in [0.25, 0.3) is 5.69 Å². The van der Waals surface area contributed by atoms with Gasteiger partial charge in [0.15, 0.2) is 5.82 Å². The summed E-state index contributed by atoms with van der Waals surface area (Å²) in [4.78, 5) is 4.03. The first-order valence-corrected chi connectivity index (χ1v) is 5.21. The van der Waals surface area contributed by atoms with E-state index in [1.165, 1.54) is 12.1 Å². The molecular weight excluding hydrogens is 252 g/mol. The second kappa shape index (κ2) is 3.96. The largest absolute Gasteiger partial charge is 0.369 e. The molecule has 84 valence electrons. The van der Waals surface area contributed by atoms with Gasteiger partial charge in [0, 0.05) is 6.20 Å². The van der Waals surface area contributed by atoms with Crippen LogP contribution in [0.2, 0.25) is 10.0 Å². The summed E-state index contributed by atoms with van der Waals surface area (Å²) in [5.74, 6) is -0.335. The number of aryl methyl sites for hydroxylation is 1. The van der Waals surface area contributed by atoms with Gasteiger partial charge in [-0.3, -0.25) is 4.57 Å². The van der Waals surface area contributed by atoms with Crippen LogP contribution in [0.5, 0.6) is 0 Å². The fourth-order valence-corrected chi connectivity index (χ4v) is 1.88. The van der Waals surface area contributed by atoms with E-state index in [2.05, 4.69) is 4.98 Å². The Kier molecular flexibility index (Phi) is 2.78. The Bertz CT molecular complexity index is 528. The fourth-order valence-electron chi connectivity index (χ4n) is 1.40. The van der Waals surface area contributed by atoms with Crippen molar-refractivity contribution in [2.75, 3.05) is 5.73 Å². The minimum absolute atomic E-state index is 0.0479. The Hall–Kier alpha value is -1.26. The third-order valence-corrected chi connectivity index (χ3v) is 2.65. The van der Waals surface area contributed by atoms with Crippen LogP contribution in [0.4, 0.5) is 10.3 Å². The molecule has 16 heavy (non-hydrogen) atoms. The van der Waals surface area contributed by atoms with Crippen molar-refractivity contribution in [3.05, 3.63) is 39.9 Å². The molecule has 2 aromatic rings. The van der Waals surface area contributed by atoms with Gasteiger partial charge in [0.2, 0.25) is 5.95 Å². The summed E-state index contributed by atoms with van der Waals surface area (Å²) in [5, 5.41) is -0.0958. The zero-order chi connectivity index (χ0) is 11.9. The zero-order valence-electron chi connectivity index (χ0n) is 8.34. The number of benzene rings is 1. The minimum Gasteiger partial charge on any atom is -0.369 e. The molecule has 0 bridgehead atoms. The van der Waals surface area contributed by atoms with E-state index < -0.39 is 5.82 Å². The normalized spacial score (nSPS) is 10.8. The maximum Gasteiger partial charge on any atom is 0.205 e. The third kappa shape index (κ3) is 1.86. The monoisotopic (exact) mass is 259 g/mol. The quantitative estimate of drug-likeness (QED) is 0.800. The van der Waals surface area contributed by atoms with Gasteiger partial charge in [-0.15, -0.1) is 0 Å². The highest BCUT2D eigenvalue weighted by Gasteiger charge is 2.10. The molecule has 0 spiro atoms. The van der Waals surface area contributed by atoms with Crippen LogP contribution < -0.4 is 5.73 Å². The van der Waals surface area contributed by atoms with E-state index in [0.29, 0.717) is 11.6 Å². The SMILES string of the molecule is Cc1cn(-c2cc(Cl)c(F)c(Cl)c2)c(N)n1. The number of rotatable bonds is 1. The van der Waals surface area contributed by atoms with Crippen LogP contribution in [-0.2, 0) is 0 Å². The highest BCUT2D eigenvalue weighted by molar-refractivity contribution is 6.35. The van der Waals surface area contributed by atoms with Gasteiger partial charge in [-0.2, -0.15) is 0 Å². The molecule has 6 heteroatoms. The highest BCUT2D eigenvalue weighted by atomic mass is 35.5. The van der Waals surface area contributed by atoms with E-state index in [1.54, 1.807) is 17.7 Å². The second-order valence-electron chi connectivity index (χ2n) is 3.33. The molecular formula is C10H8Cl2FN3. The molecule has 2 N–H and O–H groups in total. The lowest BCUT2D eigenvalue weighted by Gasteiger charge is -2.06. The average Bonchev–Trinajstić information content (AvgIpc) is 2.53. The Labute approximate surface area is 102 Å². The molecule has 0 saturated carbocycles. The smallest absolute Gasteiger partial charge is 0.205 e. The van der Waals surface area contributed by atoms with Crippen molar-refractivity contribution >= 4 is 29.2 Å². The number of anilines is 1. The summed E-state index contributed by atoms with van der Waals surface area (Å²) in [6.45, 7) is 1.81. The molecule has 0 aliphatic carbocycles. The molecule has 0 unspecified atom stereocenters. The van der Waals surface area contributed by atoms with E-state index in [-0.39, 0.29) is 10.0 Å². The molecule has 0 atom stereocenters. The first-order chi connectivity index (χ1) is 7.49. The summed E-state index contributed by atoms with van der Waals surface area (Å²) >= 11 is 11.4. The molecule has 0 saturated heterocycles. The van der Waals surface area contributed by atoms with Gasteiger partial charge in [-0.25, -0.2) is 9.37 Å². The van der Waals surface area contributed by atoms with Gasteiger partial charge in [0.1, 0.15) is 0 Å². The van der Waals surface area contributed by atoms with E-state index in [0.717, 1.165) is 5.69 Å². The number of nitrogens with zero attached hydrogens (tertiary/aromatic N) is 2. The lowest BCUT2D eigenvalue weighted by molar-refractivity contribution is 0.628. The number of imidazole rings is 1. The maximum absolute atomic E-state index is 13.2. The van der Waals surface area contributed by atoms with Crippen molar-refractivity contribution < 1.29 is 4.39 Å². The molecule has 0 fully saturated rings. The first kappa shape index (κ1) is 11.2. The standard InChI is InChI=1S/C10H8Cl2FN3/c1-5-4-16(10(14)15-5)6-2-7(11)9(13)8(12)3-6/h2-4H,1H3,(H2,14,15). The van der Waals surface area contributed by atoms with Crippen molar-refractivity contribution in [3.8, 4) is 5.69 Å². The summed E-state index contributed by atoms with van der Waals surface area (Å²) in [7, 11) is 0. The number of hydrogen-bond donors (Lipinski definition) is 1. The predicted molar refractivity (Wildman–Crippen MR) is 62.7 cm³/mol. The number of hydrogen-bond acceptors (Lipinski definition) is 2. The van der Waals surface area contributed by atoms with Crippen LogP contribution in [-0.4, -0.2) is 9.55 Å². The summed E-state index contributed by atoms with van der Waals surface area (Å²) < 4.78 is 14.8. The van der Waals surface area contributed by atoms with E-state index in [4.69, 9.17) is 28.9 Å². The Balaban J connectivity index is 2.61. The molecule has 1 aromatic carbocycles. The van der Waals surface area contributed by atoms with Crippen molar-refractivity contribution in [1.82, 2.24) is 9.55 Å². The summed E-state index contributed by atoms with van der Waals surface area (Å²) in [6, 6.07) is 2.89. The van der Waals surface area contributed by atoms with Crippen LogP contribution >= 0.6 is 23.2 Å². The fraction of sp³-hybridized carbons (Fsp3) is 0.100. The van der Waals surface area contributed by atoms with Gasteiger partial charge < -0.3 is 5.73 Å². The van der Waals surface area contributed by atoms with Crippen molar-refractivity contribution in [2.45, 2.75) is 6.92 Å². The van der Waals surface area contributed by atoms with E-state index in [9.17, 15) is 4.39 Å². The number of nitrogens with two attached hydrogens (primary N) is 1. The lowest BCUT2D eigenvalue weighted by atomic mass is 10.3. The average molecular weight is 260 g/mol. The maximum atomic E-state index is 13.2. The number of nitrogen functional groups attached to an aromatic ring is 1. The molecule has 2 rings (SSSR count).